The summed E-state index contributed by atoms with van der Waals surface area (Å²) in [6.07, 6.45) is 2.89. The first-order valence-electron chi connectivity index (χ1n) is 6.83. The van der Waals surface area contributed by atoms with Gasteiger partial charge in [-0.05, 0) is 32.1 Å². The van der Waals surface area contributed by atoms with Crippen LogP contribution in [0, 0.1) is 11.8 Å². The standard InChI is InChI=1S/C13H24N2O2/c1-3-6-14-13(17)9(2)15-7-10-4-5-12(16)11(10)8-15/h9-12,16H,3-8H2,1-2H3,(H,14,17). The molecule has 0 aromatic heterocycles. The number of aliphatic hydroxyl groups is 1. The van der Waals surface area contributed by atoms with Crippen molar-refractivity contribution in [1.82, 2.24) is 10.2 Å². The highest BCUT2D eigenvalue weighted by Crippen LogP contribution is 2.38. The second kappa shape index (κ2) is 5.36. The molecule has 0 radical (unpaired) electrons. The number of carbonyl (C=O) groups excluding carboxylic acids is 1. The van der Waals surface area contributed by atoms with Crippen LogP contribution < -0.4 is 5.32 Å². The normalized spacial score (nSPS) is 34.6. The predicted molar refractivity (Wildman–Crippen MR) is 66.6 cm³/mol. The lowest BCUT2D eigenvalue weighted by Gasteiger charge is -2.24. The smallest absolute Gasteiger partial charge is 0.237 e. The average molecular weight is 240 g/mol. The molecule has 4 nitrogen and oxygen atoms in total. The monoisotopic (exact) mass is 240 g/mol. The molecule has 0 aromatic rings. The van der Waals surface area contributed by atoms with Gasteiger partial charge in [-0.25, -0.2) is 0 Å². The molecule has 2 rings (SSSR count). The summed E-state index contributed by atoms with van der Waals surface area (Å²) in [5.41, 5.74) is 0. The van der Waals surface area contributed by atoms with Crippen LogP contribution >= 0.6 is 0 Å². The molecule has 2 fully saturated rings. The second-order valence-corrected chi connectivity index (χ2v) is 5.49. The first-order valence-corrected chi connectivity index (χ1v) is 6.83. The van der Waals surface area contributed by atoms with E-state index < -0.39 is 0 Å². The lowest BCUT2D eigenvalue weighted by molar-refractivity contribution is -0.125. The molecular weight excluding hydrogens is 216 g/mol. The van der Waals surface area contributed by atoms with Crippen LogP contribution in [-0.4, -0.2) is 47.7 Å². The van der Waals surface area contributed by atoms with E-state index in [2.05, 4.69) is 17.1 Å². The quantitative estimate of drug-likeness (QED) is 0.757. The van der Waals surface area contributed by atoms with Crippen molar-refractivity contribution in [3.05, 3.63) is 0 Å². The lowest BCUT2D eigenvalue weighted by Crippen LogP contribution is -2.45. The summed E-state index contributed by atoms with van der Waals surface area (Å²) < 4.78 is 0. The van der Waals surface area contributed by atoms with Gasteiger partial charge in [0.2, 0.25) is 5.91 Å². The van der Waals surface area contributed by atoms with Crippen LogP contribution in [0.1, 0.15) is 33.1 Å². The Morgan fingerprint density at radius 1 is 1.47 bits per heavy atom. The minimum atomic E-state index is -0.143. The SMILES string of the molecule is CCCNC(=O)C(C)N1CC2CCC(O)C2C1. The van der Waals surface area contributed by atoms with Crippen LogP contribution in [0.25, 0.3) is 0 Å². The number of fused-ring (bicyclic) bond motifs is 1. The number of nitrogens with one attached hydrogen (secondary N) is 1. The first kappa shape index (κ1) is 12.8. The van der Waals surface area contributed by atoms with E-state index in [1.54, 1.807) is 0 Å². The zero-order chi connectivity index (χ0) is 12.4. The topological polar surface area (TPSA) is 52.6 Å². The van der Waals surface area contributed by atoms with Gasteiger partial charge in [0.25, 0.3) is 0 Å². The van der Waals surface area contributed by atoms with E-state index in [-0.39, 0.29) is 18.1 Å². The summed E-state index contributed by atoms with van der Waals surface area (Å²) in [6, 6.07) is -0.0562. The fourth-order valence-electron chi connectivity index (χ4n) is 3.15. The van der Waals surface area contributed by atoms with E-state index in [4.69, 9.17) is 0 Å². The van der Waals surface area contributed by atoms with Crippen LogP contribution in [-0.2, 0) is 4.79 Å². The van der Waals surface area contributed by atoms with Crippen molar-refractivity contribution in [3.8, 4) is 0 Å². The molecule has 1 aliphatic heterocycles. The molecule has 0 bridgehead atoms. The van der Waals surface area contributed by atoms with Crippen LogP contribution in [0.15, 0.2) is 0 Å². The molecular formula is C13H24N2O2. The van der Waals surface area contributed by atoms with Gasteiger partial charge in [0.05, 0.1) is 12.1 Å². The summed E-state index contributed by atoms with van der Waals surface area (Å²) in [5, 5.41) is 12.8. The van der Waals surface area contributed by atoms with Crippen molar-refractivity contribution in [3.63, 3.8) is 0 Å². The molecule has 0 aromatic carbocycles. The first-order chi connectivity index (χ1) is 8.13. The summed E-state index contributed by atoms with van der Waals surface area (Å²) in [5.74, 6) is 1.13. The zero-order valence-corrected chi connectivity index (χ0v) is 10.9. The largest absolute Gasteiger partial charge is 0.393 e. The van der Waals surface area contributed by atoms with E-state index in [1.165, 1.54) is 0 Å². The molecule has 0 spiro atoms. The van der Waals surface area contributed by atoms with Gasteiger partial charge >= 0.3 is 0 Å². The molecule has 1 heterocycles. The summed E-state index contributed by atoms with van der Waals surface area (Å²) in [7, 11) is 0. The predicted octanol–water partition coefficient (Wildman–Crippen LogP) is 0.604. The number of likely N-dealkylation sites (tertiary alicyclic amines) is 1. The van der Waals surface area contributed by atoms with Gasteiger partial charge in [0, 0.05) is 25.6 Å². The highest BCUT2D eigenvalue weighted by Gasteiger charge is 2.43. The van der Waals surface area contributed by atoms with Crippen LogP contribution in [0.2, 0.25) is 0 Å². The minimum absolute atomic E-state index is 0.0562. The number of hydrogen-bond donors (Lipinski definition) is 2. The van der Waals surface area contributed by atoms with Crippen molar-refractivity contribution in [2.24, 2.45) is 11.8 Å². The van der Waals surface area contributed by atoms with E-state index in [0.29, 0.717) is 11.8 Å². The van der Waals surface area contributed by atoms with Gasteiger partial charge in [0.1, 0.15) is 0 Å². The second-order valence-electron chi connectivity index (χ2n) is 5.49. The molecule has 1 amide bonds. The Kier molecular flexibility index (Phi) is 4.05. The number of nitrogens with zero attached hydrogens (tertiary/aromatic N) is 1. The Morgan fingerprint density at radius 3 is 2.88 bits per heavy atom. The highest BCUT2D eigenvalue weighted by atomic mass is 16.3. The number of hydrogen-bond acceptors (Lipinski definition) is 3. The molecule has 2 aliphatic rings. The van der Waals surface area contributed by atoms with Crippen LogP contribution in [0.4, 0.5) is 0 Å². The van der Waals surface area contributed by atoms with Crippen LogP contribution in [0.5, 0.6) is 0 Å². The molecule has 4 unspecified atom stereocenters. The third-order valence-electron chi connectivity index (χ3n) is 4.32. The fraction of sp³-hybridized carbons (Fsp3) is 0.923. The van der Waals surface area contributed by atoms with Gasteiger partial charge in [0.15, 0.2) is 0 Å². The molecule has 4 atom stereocenters. The fourth-order valence-corrected chi connectivity index (χ4v) is 3.15. The maximum absolute atomic E-state index is 11.9. The van der Waals surface area contributed by atoms with Crippen molar-refractivity contribution in [1.29, 1.82) is 0 Å². The summed E-state index contributed by atoms with van der Waals surface area (Å²) in [6.45, 7) is 6.64. The molecule has 1 saturated heterocycles. The van der Waals surface area contributed by atoms with E-state index in [1.807, 2.05) is 6.92 Å². The lowest BCUT2D eigenvalue weighted by atomic mass is 10.00. The Labute approximate surface area is 103 Å². The van der Waals surface area contributed by atoms with E-state index in [9.17, 15) is 9.90 Å². The zero-order valence-electron chi connectivity index (χ0n) is 10.9. The molecule has 98 valence electrons. The number of carbonyl (C=O) groups is 1. The van der Waals surface area contributed by atoms with Crippen molar-refractivity contribution in [2.45, 2.75) is 45.3 Å². The van der Waals surface area contributed by atoms with Gasteiger partial charge < -0.3 is 10.4 Å². The number of amides is 1. The number of rotatable bonds is 4. The van der Waals surface area contributed by atoms with E-state index in [0.717, 1.165) is 38.9 Å². The average Bonchev–Trinajstić information content (AvgIpc) is 2.88. The van der Waals surface area contributed by atoms with Crippen LogP contribution in [0.3, 0.4) is 0 Å². The Hall–Kier alpha value is -0.610. The third kappa shape index (κ3) is 2.63. The Balaban J connectivity index is 1.85. The Morgan fingerprint density at radius 2 is 2.24 bits per heavy atom. The highest BCUT2D eigenvalue weighted by molar-refractivity contribution is 5.81. The van der Waals surface area contributed by atoms with Crippen molar-refractivity contribution in [2.75, 3.05) is 19.6 Å². The van der Waals surface area contributed by atoms with Gasteiger partial charge in [-0.3, -0.25) is 9.69 Å². The number of aliphatic hydroxyl groups excluding tert-OH is 1. The maximum atomic E-state index is 11.9. The van der Waals surface area contributed by atoms with Crippen molar-refractivity contribution >= 4 is 5.91 Å². The summed E-state index contributed by atoms with van der Waals surface area (Å²) >= 11 is 0. The van der Waals surface area contributed by atoms with E-state index >= 15 is 0 Å². The molecule has 1 aliphatic carbocycles. The Bertz CT molecular complexity index is 283. The van der Waals surface area contributed by atoms with Gasteiger partial charge in [-0.15, -0.1) is 0 Å². The molecule has 2 N–H and O–H groups in total. The van der Waals surface area contributed by atoms with Gasteiger partial charge in [-0.1, -0.05) is 6.92 Å². The maximum Gasteiger partial charge on any atom is 0.237 e. The molecule has 17 heavy (non-hydrogen) atoms. The van der Waals surface area contributed by atoms with Crippen molar-refractivity contribution < 1.29 is 9.90 Å². The summed E-state index contributed by atoms with van der Waals surface area (Å²) in [4.78, 5) is 14.1. The molecule has 4 heteroatoms. The van der Waals surface area contributed by atoms with Gasteiger partial charge in [-0.2, -0.15) is 0 Å². The molecule has 1 saturated carbocycles. The third-order valence-corrected chi connectivity index (χ3v) is 4.32. The minimum Gasteiger partial charge on any atom is -0.393 e.